The maximum absolute atomic E-state index is 11.7. The molecule has 1 aromatic heterocycles. The van der Waals surface area contributed by atoms with Gasteiger partial charge in [0.25, 0.3) is 0 Å². The molecule has 0 N–H and O–H groups in total. The van der Waals surface area contributed by atoms with Gasteiger partial charge in [-0.05, 0) is 42.3 Å². The van der Waals surface area contributed by atoms with E-state index in [9.17, 15) is 4.79 Å². The van der Waals surface area contributed by atoms with Crippen molar-refractivity contribution in [3.8, 4) is 11.3 Å². The molecule has 0 saturated carbocycles. The molecule has 2 aromatic rings. The number of benzene rings is 1. The molecule has 1 atom stereocenters. The van der Waals surface area contributed by atoms with E-state index in [1.165, 1.54) is 11.1 Å². The number of carbonyl (C=O) groups excluding carboxylic acids is 1. The number of aromatic nitrogens is 1. The predicted octanol–water partition coefficient (Wildman–Crippen LogP) is 4.53. The fraction of sp³-hybridized carbons (Fsp3) is 0.143. The maximum atomic E-state index is 11.7. The molecule has 1 aromatic carbocycles. The zero-order valence-corrected chi connectivity index (χ0v) is 13.4. The van der Waals surface area contributed by atoms with Gasteiger partial charge in [-0.15, -0.1) is 0 Å². The highest BCUT2D eigenvalue weighted by Crippen LogP contribution is 2.39. The van der Waals surface area contributed by atoms with Crippen molar-refractivity contribution in [3.63, 3.8) is 0 Å². The number of rotatable bonds is 3. The van der Waals surface area contributed by atoms with Crippen LogP contribution in [-0.2, 0) is 4.74 Å². The fourth-order valence-electron chi connectivity index (χ4n) is 3.15. The number of pyridine rings is 1. The van der Waals surface area contributed by atoms with Crippen LogP contribution in [0.2, 0.25) is 0 Å². The number of esters is 1. The van der Waals surface area contributed by atoms with E-state index in [0.29, 0.717) is 18.1 Å². The smallest absolute Gasteiger partial charge is 0.338 e. The first kappa shape index (κ1) is 14.6. The summed E-state index contributed by atoms with van der Waals surface area (Å²) in [5.41, 5.74) is 6.02. The minimum atomic E-state index is -0.293. The van der Waals surface area contributed by atoms with Crippen molar-refractivity contribution in [2.24, 2.45) is 0 Å². The molecule has 118 valence electrons. The van der Waals surface area contributed by atoms with Crippen LogP contribution in [0.3, 0.4) is 0 Å². The molecule has 24 heavy (non-hydrogen) atoms. The summed E-state index contributed by atoms with van der Waals surface area (Å²) in [5, 5.41) is 0. The minimum absolute atomic E-state index is 0.293. The van der Waals surface area contributed by atoms with Crippen LogP contribution in [-0.4, -0.2) is 17.6 Å². The second-order valence-electron chi connectivity index (χ2n) is 5.83. The lowest BCUT2D eigenvalue weighted by Gasteiger charge is -2.12. The van der Waals surface area contributed by atoms with Gasteiger partial charge in [-0.2, -0.15) is 0 Å². The van der Waals surface area contributed by atoms with Gasteiger partial charge in [-0.1, -0.05) is 42.5 Å². The molecule has 0 aliphatic heterocycles. The van der Waals surface area contributed by atoms with E-state index in [-0.39, 0.29) is 5.97 Å². The third-order valence-electron chi connectivity index (χ3n) is 4.35. The van der Waals surface area contributed by atoms with Gasteiger partial charge >= 0.3 is 5.97 Å². The van der Waals surface area contributed by atoms with Gasteiger partial charge in [-0.25, -0.2) is 9.78 Å². The minimum Gasteiger partial charge on any atom is -0.462 e. The molecule has 1 unspecified atom stereocenters. The Hall–Kier alpha value is -2.94. The van der Waals surface area contributed by atoms with E-state index in [0.717, 1.165) is 17.0 Å². The summed E-state index contributed by atoms with van der Waals surface area (Å²) in [6.07, 6.45) is 10.6. The number of hydrogen-bond acceptors (Lipinski definition) is 3. The summed E-state index contributed by atoms with van der Waals surface area (Å²) in [6, 6.07) is 11.6. The monoisotopic (exact) mass is 315 g/mol. The Morgan fingerprint density at radius 1 is 1.12 bits per heavy atom. The van der Waals surface area contributed by atoms with Gasteiger partial charge in [0.1, 0.15) is 0 Å². The van der Waals surface area contributed by atoms with Crippen molar-refractivity contribution in [2.45, 2.75) is 12.8 Å². The molecule has 3 heteroatoms. The summed E-state index contributed by atoms with van der Waals surface area (Å²) >= 11 is 0. The van der Waals surface area contributed by atoms with E-state index in [1.54, 1.807) is 19.1 Å². The third kappa shape index (κ3) is 2.48. The molecule has 4 rings (SSSR count). The number of ether oxygens (including phenoxy) is 1. The first-order valence-electron chi connectivity index (χ1n) is 8.11. The van der Waals surface area contributed by atoms with E-state index in [4.69, 9.17) is 9.72 Å². The van der Waals surface area contributed by atoms with Crippen molar-refractivity contribution in [1.29, 1.82) is 0 Å². The molecule has 3 nitrogen and oxygen atoms in total. The number of carbonyl (C=O) groups is 1. The van der Waals surface area contributed by atoms with E-state index in [2.05, 4.69) is 36.4 Å². The Morgan fingerprint density at radius 3 is 2.75 bits per heavy atom. The summed E-state index contributed by atoms with van der Waals surface area (Å²) in [7, 11) is 0. The van der Waals surface area contributed by atoms with Gasteiger partial charge in [0.2, 0.25) is 0 Å². The standard InChI is InChI=1S/C21H17NO2/c1-2-24-21(23)15-9-7-14(8-10-15)19-12-11-18-17-6-4-3-5-16(17)13-20(18)22-19/h3-13,17H,2H2,1H3. The first-order chi connectivity index (χ1) is 11.8. The summed E-state index contributed by atoms with van der Waals surface area (Å²) in [6.45, 7) is 2.18. The zero-order valence-electron chi connectivity index (χ0n) is 13.4. The van der Waals surface area contributed by atoms with Crippen molar-refractivity contribution >= 4 is 12.0 Å². The van der Waals surface area contributed by atoms with Crippen LogP contribution in [0.4, 0.5) is 0 Å². The molecular weight excluding hydrogens is 298 g/mol. The van der Waals surface area contributed by atoms with Gasteiger partial charge in [0.15, 0.2) is 0 Å². The maximum Gasteiger partial charge on any atom is 0.338 e. The molecule has 2 aliphatic carbocycles. The molecule has 1 heterocycles. The fourth-order valence-corrected chi connectivity index (χ4v) is 3.15. The van der Waals surface area contributed by atoms with E-state index >= 15 is 0 Å². The number of hydrogen-bond donors (Lipinski definition) is 0. The molecule has 0 spiro atoms. The average Bonchev–Trinajstić information content (AvgIpc) is 3.00. The van der Waals surface area contributed by atoms with Crippen LogP contribution in [0.1, 0.15) is 34.5 Å². The molecule has 2 aliphatic rings. The highest BCUT2D eigenvalue weighted by atomic mass is 16.5. The van der Waals surface area contributed by atoms with Gasteiger partial charge < -0.3 is 4.74 Å². The van der Waals surface area contributed by atoms with Crippen molar-refractivity contribution < 1.29 is 9.53 Å². The number of nitrogens with zero attached hydrogens (tertiary/aromatic N) is 1. The highest BCUT2D eigenvalue weighted by Gasteiger charge is 2.24. The number of fused-ring (bicyclic) bond motifs is 3. The van der Waals surface area contributed by atoms with Crippen molar-refractivity contribution in [3.05, 3.63) is 83.1 Å². The largest absolute Gasteiger partial charge is 0.462 e. The SMILES string of the molecule is CCOC(=O)c1ccc(-c2ccc3c(n2)C=C2C=CC=CC23)cc1. The first-order valence-corrected chi connectivity index (χ1v) is 8.11. The molecule has 0 radical (unpaired) electrons. The Balaban J connectivity index is 1.64. The second-order valence-corrected chi connectivity index (χ2v) is 5.83. The predicted molar refractivity (Wildman–Crippen MR) is 94.6 cm³/mol. The third-order valence-corrected chi connectivity index (χ3v) is 4.35. The van der Waals surface area contributed by atoms with Crippen LogP contribution in [0.5, 0.6) is 0 Å². The van der Waals surface area contributed by atoms with Crippen molar-refractivity contribution in [1.82, 2.24) is 4.98 Å². The quantitative estimate of drug-likeness (QED) is 0.781. The Morgan fingerprint density at radius 2 is 1.96 bits per heavy atom. The lowest BCUT2D eigenvalue weighted by Crippen LogP contribution is -2.04. The summed E-state index contributed by atoms with van der Waals surface area (Å²) in [5.74, 6) is 0.0380. The molecule has 0 fully saturated rings. The Labute approximate surface area is 141 Å². The van der Waals surface area contributed by atoms with Crippen LogP contribution in [0.15, 0.2) is 66.3 Å². The Bertz CT molecular complexity index is 889. The summed E-state index contributed by atoms with van der Waals surface area (Å²) in [4.78, 5) is 16.5. The number of allylic oxidation sites excluding steroid dienone is 5. The van der Waals surface area contributed by atoms with Crippen LogP contribution in [0, 0.1) is 0 Å². The topological polar surface area (TPSA) is 39.2 Å². The zero-order chi connectivity index (χ0) is 16.5. The van der Waals surface area contributed by atoms with Crippen LogP contribution in [0.25, 0.3) is 17.3 Å². The lowest BCUT2D eigenvalue weighted by molar-refractivity contribution is 0.0526. The van der Waals surface area contributed by atoms with E-state index < -0.39 is 0 Å². The normalized spacial score (nSPS) is 17.2. The molecule has 0 bridgehead atoms. The molecule has 0 amide bonds. The van der Waals surface area contributed by atoms with E-state index in [1.807, 2.05) is 18.2 Å². The second kappa shape index (κ2) is 5.93. The van der Waals surface area contributed by atoms with Gasteiger partial charge in [0.05, 0.1) is 23.6 Å². The molecular formula is C21H17NO2. The molecule has 0 saturated heterocycles. The van der Waals surface area contributed by atoms with Crippen LogP contribution < -0.4 is 0 Å². The Kier molecular flexibility index (Phi) is 3.62. The lowest BCUT2D eigenvalue weighted by atomic mass is 9.93. The summed E-state index contributed by atoms with van der Waals surface area (Å²) < 4.78 is 5.01. The van der Waals surface area contributed by atoms with Gasteiger partial charge in [-0.3, -0.25) is 0 Å². The van der Waals surface area contributed by atoms with Crippen molar-refractivity contribution in [2.75, 3.05) is 6.61 Å². The van der Waals surface area contributed by atoms with Gasteiger partial charge in [0, 0.05) is 11.5 Å². The van der Waals surface area contributed by atoms with Crippen LogP contribution >= 0.6 is 0 Å². The highest BCUT2D eigenvalue weighted by molar-refractivity contribution is 5.90. The average molecular weight is 315 g/mol.